The summed E-state index contributed by atoms with van der Waals surface area (Å²) >= 11 is 0. The van der Waals surface area contributed by atoms with Gasteiger partial charge in [-0.25, -0.2) is 0 Å². The highest BCUT2D eigenvalue weighted by molar-refractivity contribution is 5.25. The summed E-state index contributed by atoms with van der Waals surface area (Å²) in [6.07, 6.45) is 1.07. The summed E-state index contributed by atoms with van der Waals surface area (Å²) in [4.78, 5) is 2.45. The number of nitrogens with zero attached hydrogens (tertiary/aromatic N) is 1. The average Bonchev–Trinajstić information content (AvgIpc) is 2.45. The minimum Gasteiger partial charge on any atom is -0.373 e. The first-order chi connectivity index (χ1) is 9.43. The van der Waals surface area contributed by atoms with Crippen molar-refractivity contribution in [3.8, 4) is 0 Å². The van der Waals surface area contributed by atoms with Crippen LogP contribution in [0.1, 0.15) is 44.9 Å². The first-order valence-corrected chi connectivity index (χ1v) is 7.65. The summed E-state index contributed by atoms with van der Waals surface area (Å²) < 4.78 is 5.78. The molecule has 1 saturated heterocycles. The highest BCUT2D eigenvalue weighted by Gasteiger charge is 2.32. The predicted molar refractivity (Wildman–Crippen MR) is 83.8 cm³/mol. The summed E-state index contributed by atoms with van der Waals surface area (Å²) in [5.74, 6) is 0. The van der Waals surface area contributed by atoms with Crippen LogP contribution in [0.4, 0.5) is 0 Å². The maximum atomic E-state index is 6.47. The maximum Gasteiger partial charge on any atom is 0.0753 e. The van der Waals surface area contributed by atoms with Gasteiger partial charge < -0.3 is 10.5 Å². The molecule has 0 aromatic heterocycles. The Bertz CT molecular complexity index is 427. The van der Waals surface area contributed by atoms with E-state index < -0.39 is 0 Å². The van der Waals surface area contributed by atoms with Crippen LogP contribution < -0.4 is 5.73 Å². The fraction of sp³-hybridized carbons (Fsp3) is 0.647. The van der Waals surface area contributed by atoms with E-state index in [-0.39, 0.29) is 11.6 Å². The fourth-order valence-corrected chi connectivity index (χ4v) is 2.88. The topological polar surface area (TPSA) is 38.5 Å². The zero-order chi connectivity index (χ0) is 14.8. The lowest BCUT2D eigenvalue weighted by molar-refractivity contribution is -0.0975. The van der Waals surface area contributed by atoms with Crippen molar-refractivity contribution in [3.63, 3.8) is 0 Å². The molecule has 2 unspecified atom stereocenters. The molecule has 1 heterocycles. The Morgan fingerprint density at radius 3 is 2.50 bits per heavy atom. The first kappa shape index (κ1) is 15.5. The van der Waals surface area contributed by atoms with Crippen LogP contribution in [-0.2, 0) is 11.2 Å². The number of hydrogen-bond acceptors (Lipinski definition) is 3. The summed E-state index contributed by atoms with van der Waals surface area (Å²) in [5.41, 5.74) is 8.98. The zero-order valence-electron chi connectivity index (χ0n) is 13.2. The third-order valence-electron chi connectivity index (χ3n) is 4.32. The minimum absolute atomic E-state index is 0.0507. The second-order valence-corrected chi connectivity index (χ2v) is 6.44. The molecule has 0 radical (unpaired) electrons. The molecule has 0 aliphatic carbocycles. The molecule has 1 aromatic rings. The van der Waals surface area contributed by atoms with Crippen molar-refractivity contribution in [1.82, 2.24) is 4.90 Å². The van der Waals surface area contributed by atoms with Crippen molar-refractivity contribution < 1.29 is 4.74 Å². The SMILES string of the molecule is CCc1ccc(C(N)C(C)N2CCOC(C)(C)C2)cc1. The highest BCUT2D eigenvalue weighted by atomic mass is 16.5. The van der Waals surface area contributed by atoms with Crippen LogP contribution in [0, 0.1) is 0 Å². The maximum absolute atomic E-state index is 6.47. The Labute approximate surface area is 123 Å². The monoisotopic (exact) mass is 276 g/mol. The van der Waals surface area contributed by atoms with Crippen LogP contribution in [0.15, 0.2) is 24.3 Å². The Hall–Kier alpha value is -0.900. The molecule has 1 fully saturated rings. The number of hydrogen-bond donors (Lipinski definition) is 1. The van der Waals surface area contributed by atoms with E-state index in [0.29, 0.717) is 6.04 Å². The molecule has 2 atom stereocenters. The first-order valence-electron chi connectivity index (χ1n) is 7.65. The van der Waals surface area contributed by atoms with Crippen molar-refractivity contribution in [2.75, 3.05) is 19.7 Å². The van der Waals surface area contributed by atoms with Crippen molar-refractivity contribution in [1.29, 1.82) is 0 Å². The molecule has 0 bridgehead atoms. The molecule has 1 aliphatic rings. The van der Waals surface area contributed by atoms with Crippen molar-refractivity contribution in [2.24, 2.45) is 5.73 Å². The molecule has 3 nitrogen and oxygen atoms in total. The number of morpholine rings is 1. The normalized spacial score (nSPS) is 22.4. The lowest BCUT2D eigenvalue weighted by Crippen LogP contribution is -2.53. The second-order valence-electron chi connectivity index (χ2n) is 6.44. The Balaban J connectivity index is 2.05. The van der Waals surface area contributed by atoms with Gasteiger partial charge in [0.15, 0.2) is 0 Å². The van der Waals surface area contributed by atoms with Gasteiger partial charge in [-0.2, -0.15) is 0 Å². The summed E-state index contributed by atoms with van der Waals surface area (Å²) in [7, 11) is 0. The predicted octanol–water partition coefficient (Wildman–Crippen LogP) is 2.75. The van der Waals surface area contributed by atoms with Gasteiger partial charge in [-0.3, -0.25) is 4.90 Å². The van der Waals surface area contributed by atoms with E-state index in [1.807, 2.05) is 0 Å². The molecule has 0 saturated carbocycles. The molecule has 0 spiro atoms. The molecule has 112 valence electrons. The van der Waals surface area contributed by atoms with Gasteiger partial charge in [-0.15, -0.1) is 0 Å². The quantitative estimate of drug-likeness (QED) is 0.919. The molecular formula is C17H28N2O. The molecule has 1 aromatic carbocycles. The van der Waals surface area contributed by atoms with Gasteiger partial charge in [0.1, 0.15) is 0 Å². The van der Waals surface area contributed by atoms with E-state index in [0.717, 1.165) is 26.1 Å². The Morgan fingerprint density at radius 1 is 1.30 bits per heavy atom. The largest absolute Gasteiger partial charge is 0.373 e. The summed E-state index contributed by atoms with van der Waals surface area (Å²) in [6.45, 7) is 11.4. The molecule has 1 aliphatic heterocycles. The van der Waals surface area contributed by atoms with Crippen LogP contribution in [-0.4, -0.2) is 36.2 Å². The van der Waals surface area contributed by atoms with E-state index in [4.69, 9.17) is 10.5 Å². The van der Waals surface area contributed by atoms with Crippen LogP contribution in [0.5, 0.6) is 0 Å². The zero-order valence-corrected chi connectivity index (χ0v) is 13.2. The van der Waals surface area contributed by atoms with Crippen LogP contribution in [0.25, 0.3) is 0 Å². The second kappa shape index (κ2) is 6.25. The van der Waals surface area contributed by atoms with Gasteiger partial charge in [0, 0.05) is 25.2 Å². The Kier molecular flexibility index (Phi) is 4.84. The molecule has 20 heavy (non-hydrogen) atoms. The van der Waals surface area contributed by atoms with E-state index in [1.54, 1.807) is 0 Å². The number of nitrogens with two attached hydrogens (primary N) is 1. The van der Waals surface area contributed by atoms with Gasteiger partial charge in [0.25, 0.3) is 0 Å². The van der Waals surface area contributed by atoms with E-state index >= 15 is 0 Å². The van der Waals surface area contributed by atoms with Gasteiger partial charge in [0.05, 0.1) is 12.2 Å². The molecule has 2 N–H and O–H groups in total. The number of ether oxygens (including phenoxy) is 1. The van der Waals surface area contributed by atoms with Crippen LogP contribution in [0.3, 0.4) is 0 Å². The summed E-state index contributed by atoms with van der Waals surface area (Å²) in [6, 6.07) is 9.09. The standard InChI is InChI=1S/C17H28N2O/c1-5-14-6-8-15(9-7-14)16(18)13(2)19-10-11-20-17(3,4)12-19/h6-9,13,16H,5,10-12,18H2,1-4H3. The van der Waals surface area contributed by atoms with Gasteiger partial charge >= 0.3 is 0 Å². The lowest BCUT2D eigenvalue weighted by atomic mass is 9.96. The van der Waals surface area contributed by atoms with Crippen LogP contribution >= 0.6 is 0 Å². The summed E-state index contributed by atoms with van der Waals surface area (Å²) in [5, 5.41) is 0. The number of rotatable bonds is 4. The highest BCUT2D eigenvalue weighted by Crippen LogP contribution is 2.24. The molecule has 2 rings (SSSR count). The fourth-order valence-electron chi connectivity index (χ4n) is 2.88. The van der Waals surface area contributed by atoms with Crippen molar-refractivity contribution in [3.05, 3.63) is 35.4 Å². The van der Waals surface area contributed by atoms with E-state index in [9.17, 15) is 0 Å². The van der Waals surface area contributed by atoms with Gasteiger partial charge in [-0.1, -0.05) is 31.2 Å². The minimum atomic E-state index is -0.0711. The number of benzene rings is 1. The van der Waals surface area contributed by atoms with E-state index in [2.05, 4.69) is 56.9 Å². The van der Waals surface area contributed by atoms with Gasteiger partial charge in [0.2, 0.25) is 0 Å². The lowest BCUT2D eigenvalue weighted by Gasteiger charge is -2.42. The molecular weight excluding hydrogens is 248 g/mol. The third-order valence-corrected chi connectivity index (χ3v) is 4.32. The van der Waals surface area contributed by atoms with Crippen LogP contribution in [0.2, 0.25) is 0 Å². The van der Waals surface area contributed by atoms with E-state index in [1.165, 1.54) is 11.1 Å². The Morgan fingerprint density at radius 2 is 1.95 bits per heavy atom. The third kappa shape index (κ3) is 3.60. The smallest absolute Gasteiger partial charge is 0.0753 e. The van der Waals surface area contributed by atoms with Gasteiger partial charge in [-0.05, 0) is 38.3 Å². The average molecular weight is 276 g/mol. The number of aryl methyl sites for hydroxylation is 1. The van der Waals surface area contributed by atoms with Crippen molar-refractivity contribution >= 4 is 0 Å². The molecule has 0 amide bonds. The van der Waals surface area contributed by atoms with Crippen molar-refractivity contribution in [2.45, 2.75) is 51.8 Å². The molecule has 3 heteroatoms.